The molecule has 2 aliphatic carbocycles. The second kappa shape index (κ2) is 20.2. The molecule has 0 aromatic carbocycles. The molecule has 204 valence electrons. The molecule has 0 saturated heterocycles. The maximum absolute atomic E-state index is 13.4. The summed E-state index contributed by atoms with van der Waals surface area (Å²) in [6.45, 7) is 2.00. The van der Waals surface area contributed by atoms with E-state index in [1.165, 1.54) is 128 Å². The Morgan fingerprint density at radius 3 is 1.31 bits per heavy atom. The van der Waals surface area contributed by atoms with Gasteiger partial charge in [-0.1, -0.05) is 127 Å². The summed E-state index contributed by atoms with van der Waals surface area (Å²) in [5.74, 6) is 1.03. The van der Waals surface area contributed by atoms with Crippen LogP contribution in [0.25, 0.3) is 0 Å². The molecule has 0 radical (unpaired) electrons. The van der Waals surface area contributed by atoms with Crippen LogP contribution in [0.1, 0.15) is 167 Å². The van der Waals surface area contributed by atoms with E-state index in [0.717, 1.165) is 32.1 Å². The average molecular weight is 491 g/mol. The first-order chi connectivity index (χ1) is 17.2. The lowest BCUT2D eigenvalue weighted by atomic mass is 9.89. The van der Waals surface area contributed by atoms with Gasteiger partial charge in [0.2, 0.25) is 5.91 Å². The minimum atomic E-state index is -0.0426. The zero-order valence-corrected chi connectivity index (χ0v) is 23.3. The van der Waals surface area contributed by atoms with Crippen molar-refractivity contribution in [3.8, 4) is 0 Å². The molecule has 1 N–H and O–H groups in total. The van der Waals surface area contributed by atoms with Gasteiger partial charge in [0.25, 0.3) is 0 Å². The van der Waals surface area contributed by atoms with E-state index in [9.17, 15) is 9.70 Å². The molecule has 2 fully saturated rings. The Labute approximate surface area is 217 Å². The van der Waals surface area contributed by atoms with Gasteiger partial charge in [0.1, 0.15) is 0 Å². The highest BCUT2D eigenvalue weighted by Crippen LogP contribution is 2.26. The first-order valence-corrected chi connectivity index (χ1v) is 15.8. The zero-order valence-electron chi connectivity index (χ0n) is 23.3. The standard InChI is InChI=1S/C31H58N2O2/c1-27(33-35)28-21-15-9-8-10-17-23-29(24-18-14-13-16-22-28)31(34)32-30-25-19-11-6-4-2-3-5-7-12-20-26-30/h27-30H,2-26H2,1H3,(H,32,34). The van der Waals surface area contributed by atoms with Crippen LogP contribution in [0.3, 0.4) is 0 Å². The molecule has 4 heteroatoms. The Kier molecular flexibility index (Phi) is 17.5. The van der Waals surface area contributed by atoms with Crippen molar-refractivity contribution < 1.29 is 4.79 Å². The number of nitrogens with zero attached hydrogens (tertiary/aromatic N) is 1. The molecule has 0 aromatic heterocycles. The van der Waals surface area contributed by atoms with Crippen LogP contribution in [0, 0.1) is 16.7 Å². The molecule has 0 bridgehead atoms. The topological polar surface area (TPSA) is 58.5 Å². The first-order valence-electron chi connectivity index (χ1n) is 15.8. The van der Waals surface area contributed by atoms with Gasteiger partial charge in [-0.05, 0) is 51.4 Å². The van der Waals surface area contributed by atoms with Crippen LogP contribution < -0.4 is 5.32 Å². The molecule has 35 heavy (non-hydrogen) atoms. The van der Waals surface area contributed by atoms with E-state index < -0.39 is 0 Å². The molecule has 4 nitrogen and oxygen atoms in total. The minimum absolute atomic E-state index is 0.0426. The van der Waals surface area contributed by atoms with Gasteiger partial charge in [-0.3, -0.25) is 4.79 Å². The molecule has 3 atom stereocenters. The van der Waals surface area contributed by atoms with E-state index in [4.69, 9.17) is 0 Å². The summed E-state index contributed by atoms with van der Waals surface area (Å²) in [7, 11) is 0. The molecule has 2 saturated carbocycles. The van der Waals surface area contributed by atoms with E-state index in [2.05, 4.69) is 10.5 Å². The van der Waals surface area contributed by atoms with E-state index in [1.54, 1.807) is 0 Å². The predicted molar refractivity (Wildman–Crippen MR) is 150 cm³/mol. The van der Waals surface area contributed by atoms with Crippen molar-refractivity contribution >= 4 is 5.91 Å². The number of hydrogen-bond acceptors (Lipinski definition) is 3. The predicted octanol–water partition coefficient (Wildman–Crippen LogP) is 9.64. The zero-order chi connectivity index (χ0) is 25.0. The average Bonchev–Trinajstić information content (AvgIpc) is 2.87. The van der Waals surface area contributed by atoms with Crippen molar-refractivity contribution in [3.05, 3.63) is 4.91 Å². The van der Waals surface area contributed by atoms with Gasteiger partial charge in [-0.25, -0.2) is 0 Å². The largest absolute Gasteiger partial charge is 0.353 e. The Balaban J connectivity index is 1.83. The van der Waals surface area contributed by atoms with Gasteiger partial charge in [0.15, 0.2) is 0 Å². The Hall–Kier alpha value is -0.930. The number of hydrogen-bond donors (Lipinski definition) is 1. The highest BCUT2D eigenvalue weighted by atomic mass is 16.3. The number of carbonyl (C=O) groups excluding carboxylic acids is 1. The lowest BCUT2D eigenvalue weighted by Gasteiger charge is -2.23. The number of nitroso groups, excluding NO2 is 1. The van der Waals surface area contributed by atoms with Crippen molar-refractivity contribution in [1.29, 1.82) is 0 Å². The number of amides is 1. The third-order valence-corrected chi connectivity index (χ3v) is 8.93. The van der Waals surface area contributed by atoms with Gasteiger partial charge in [0, 0.05) is 12.0 Å². The van der Waals surface area contributed by atoms with Crippen molar-refractivity contribution in [2.75, 3.05) is 0 Å². The second-order valence-electron chi connectivity index (χ2n) is 12.0. The van der Waals surface area contributed by atoms with Crippen LogP contribution in [0.15, 0.2) is 5.18 Å². The number of nitrogens with one attached hydrogen (secondary N) is 1. The quantitative estimate of drug-likeness (QED) is 0.399. The van der Waals surface area contributed by atoms with E-state index in [0.29, 0.717) is 17.9 Å². The fourth-order valence-corrected chi connectivity index (χ4v) is 6.40. The van der Waals surface area contributed by atoms with Crippen LogP contribution in [-0.4, -0.2) is 18.0 Å². The first kappa shape index (κ1) is 30.3. The Morgan fingerprint density at radius 1 is 0.571 bits per heavy atom. The van der Waals surface area contributed by atoms with Crippen LogP contribution in [0.4, 0.5) is 0 Å². The number of carbonyl (C=O) groups is 1. The monoisotopic (exact) mass is 490 g/mol. The minimum Gasteiger partial charge on any atom is -0.353 e. The highest BCUT2D eigenvalue weighted by molar-refractivity contribution is 5.78. The summed E-state index contributed by atoms with van der Waals surface area (Å²) in [6, 6.07) is 0.351. The van der Waals surface area contributed by atoms with Crippen LogP contribution in [0.2, 0.25) is 0 Å². The fraction of sp³-hybridized carbons (Fsp3) is 0.968. The van der Waals surface area contributed by atoms with Gasteiger partial charge in [-0.15, -0.1) is 0 Å². The maximum atomic E-state index is 13.4. The van der Waals surface area contributed by atoms with Gasteiger partial charge < -0.3 is 5.32 Å². The molecule has 2 rings (SSSR count). The summed E-state index contributed by atoms with van der Waals surface area (Å²) >= 11 is 0. The highest BCUT2D eigenvalue weighted by Gasteiger charge is 2.22. The molecule has 3 unspecified atom stereocenters. The summed E-state index contributed by atoms with van der Waals surface area (Å²) in [5, 5.41) is 6.89. The molecule has 0 aromatic rings. The fourth-order valence-electron chi connectivity index (χ4n) is 6.40. The molecule has 0 heterocycles. The molecular formula is C31H58N2O2. The van der Waals surface area contributed by atoms with Crippen molar-refractivity contribution in [2.45, 2.75) is 180 Å². The van der Waals surface area contributed by atoms with E-state index in [1.807, 2.05) is 6.92 Å². The van der Waals surface area contributed by atoms with Gasteiger partial charge >= 0.3 is 0 Å². The smallest absolute Gasteiger partial charge is 0.223 e. The summed E-state index contributed by atoms with van der Waals surface area (Å²) in [6.07, 6.45) is 31.3. The lowest BCUT2D eigenvalue weighted by Crippen LogP contribution is -2.39. The molecule has 0 aliphatic heterocycles. The Morgan fingerprint density at radius 2 is 0.914 bits per heavy atom. The molecule has 0 spiro atoms. The number of rotatable bonds is 4. The lowest BCUT2D eigenvalue weighted by molar-refractivity contribution is -0.126. The van der Waals surface area contributed by atoms with Gasteiger partial charge in [-0.2, -0.15) is 4.91 Å². The van der Waals surface area contributed by atoms with E-state index in [-0.39, 0.29) is 12.0 Å². The van der Waals surface area contributed by atoms with E-state index >= 15 is 0 Å². The third-order valence-electron chi connectivity index (χ3n) is 8.93. The SMILES string of the molecule is CC(N=O)C1CCCCCCCC(C(=O)NC2CCCCCCCCCCCC2)CCCCCC1. The summed E-state index contributed by atoms with van der Waals surface area (Å²) in [4.78, 5) is 24.5. The van der Waals surface area contributed by atoms with Crippen LogP contribution in [-0.2, 0) is 4.79 Å². The second-order valence-corrected chi connectivity index (χ2v) is 12.0. The third kappa shape index (κ3) is 14.4. The van der Waals surface area contributed by atoms with Crippen LogP contribution >= 0.6 is 0 Å². The molecular weight excluding hydrogens is 432 g/mol. The van der Waals surface area contributed by atoms with Crippen molar-refractivity contribution in [2.24, 2.45) is 17.0 Å². The Bertz CT molecular complexity index is 524. The molecule has 2 aliphatic rings. The van der Waals surface area contributed by atoms with Crippen molar-refractivity contribution in [3.63, 3.8) is 0 Å². The van der Waals surface area contributed by atoms with Crippen molar-refractivity contribution in [1.82, 2.24) is 5.32 Å². The molecule has 1 amide bonds. The maximum Gasteiger partial charge on any atom is 0.223 e. The summed E-state index contributed by atoms with van der Waals surface area (Å²) in [5.41, 5.74) is 0. The van der Waals surface area contributed by atoms with Gasteiger partial charge in [0.05, 0.1) is 6.04 Å². The summed E-state index contributed by atoms with van der Waals surface area (Å²) < 4.78 is 0. The van der Waals surface area contributed by atoms with Crippen LogP contribution in [0.5, 0.6) is 0 Å². The normalized spacial score (nSPS) is 27.6.